The first-order chi connectivity index (χ1) is 3.66. The monoisotopic (exact) mass is 112 g/mol. The van der Waals surface area contributed by atoms with E-state index in [9.17, 15) is 0 Å². The van der Waals surface area contributed by atoms with Crippen LogP contribution in [-0.4, -0.2) is 0 Å². The molecule has 46 valence electrons. The normalized spacial score (nSPS) is 11.1. The molecule has 0 atom stereocenters. The van der Waals surface area contributed by atoms with Gasteiger partial charge in [0.05, 0.1) is 11.5 Å². The number of rotatable bonds is 2. The van der Waals surface area contributed by atoms with E-state index in [0.717, 1.165) is 11.5 Å². The summed E-state index contributed by atoms with van der Waals surface area (Å²) in [4.78, 5) is 0. The second-order valence-electron chi connectivity index (χ2n) is 1.70. The van der Waals surface area contributed by atoms with Crippen LogP contribution in [0.3, 0.4) is 0 Å². The van der Waals surface area contributed by atoms with Crippen LogP contribution in [0, 0.1) is 0 Å². The molecule has 0 radical (unpaired) electrons. The van der Waals surface area contributed by atoms with Gasteiger partial charge in [0.1, 0.15) is 0 Å². The van der Waals surface area contributed by atoms with E-state index in [4.69, 9.17) is 4.74 Å². The van der Waals surface area contributed by atoms with Crippen molar-refractivity contribution in [1.29, 1.82) is 0 Å². The van der Waals surface area contributed by atoms with Gasteiger partial charge in [0.2, 0.25) is 0 Å². The van der Waals surface area contributed by atoms with Crippen LogP contribution in [0.1, 0.15) is 20.8 Å². The van der Waals surface area contributed by atoms with Crippen molar-refractivity contribution in [2.24, 2.45) is 0 Å². The molecule has 0 rings (SSSR count). The Morgan fingerprint density at radius 2 is 2.00 bits per heavy atom. The Hall–Kier alpha value is -0.720. The van der Waals surface area contributed by atoms with Crippen molar-refractivity contribution in [3.8, 4) is 0 Å². The molecule has 0 unspecified atom stereocenters. The fourth-order valence-corrected chi connectivity index (χ4v) is 0.334. The summed E-state index contributed by atoms with van der Waals surface area (Å²) in [5, 5.41) is 0. The molecule has 0 saturated carbocycles. The Balaban J connectivity index is 3.56. The first kappa shape index (κ1) is 7.28. The first-order valence-corrected chi connectivity index (χ1v) is 2.63. The average Bonchev–Trinajstić information content (AvgIpc) is 1.65. The van der Waals surface area contributed by atoms with Gasteiger partial charge in [0.15, 0.2) is 0 Å². The minimum atomic E-state index is 0.737. The zero-order valence-electron chi connectivity index (χ0n) is 5.69. The Morgan fingerprint density at radius 1 is 1.50 bits per heavy atom. The minimum Gasteiger partial charge on any atom is -0.468 e. The molecule has 0 spiro atoms. The summed E-state index contributed by atoms with van der Waals surface area (Å²) in [5.74, 6) is 1.64. The van der Waals surface area contributed by atoms with Crippen LogP contribution < -0.4 is 0 Å². The Kier molecular flexibility index (Phi) is 3.01. The molecule has 1 nitrogen and oxygen atoms in total. The lowest BCUT2D eigenvalue weighted by molar-refractivity contribution is 0.310. The molecule has 0 aliphatic heterocycles. The second kappa shape index (κ2) is 3.30. The fraction of sp³-hybridized carbons (Fsp3) is 0.429. The first-order valence-electron chi connectivity index (χ1n) is 2.63. The van der Waals surface area contributed by atoms with E-state index in [0.29, 0.717) is 0 Å². The van der Waals surface area contributed by atoms with Crippen LogP contribution in [0.4, 0.5) is 0 Å². The summed E-state index contributed by atoms with van der Waals surface area (Å²) in [7, 11) is 0. The SMILES string of the molecule is C=C(C)O/C(C)=C\C. The van der Waals surface area contributed by atoms with Gasteiger partial charge in [0.25, 0.3) is 0 Å². The predicted octanol–water partition coefficient (Wildman–Crippen LogP) is 2.46. The lowest BCUT2D eigenvalue weighted by Gasteiger charge is -2.01. The van der Waals surface area contributed by atoms with Crippen LogP contribution in [0.5, 0.6) is 0 Å². The molecular weight excluding hydrogens is 100 g/mol. The molecule has 0 heterocycles. The van der Waals surface area contributed by atoms with Gasteiger partial charge in [-0.05, 0) is 26.8 Å². The Bertz CT molecular complexity index is 112. The zero-order valence-corrected chi connectivity index (χ0v) is 5.69. The number of ether oxygens (including phenoxy) is 1. The zero-order chi connectivity index (χ0) is 6.57. The summed E-state index contributed by atoms with van der Waals surface area (Å²) in [5.41, 5.74) is 0. The van der Waals surface area contributed by atoms with Crippen molar-refractivity contribution in [3.63, 3.8) is 0 Å². The highest BCUT2D eigenvalue weighted by molar-refractivity contribution is 4.91. The fourth-order valence-electron chi connectivity index (χ4n) is 0.334. The van der Waals surface area contributed by atoms with Gasteiger partial charge >= 0.3 is 0 Å². The molecule has 0 aromatic rings. The second-order valence-corrected chi connectivity index (χ2v) is 1.70. The molecule has 0 amide bonds. The Labute approximate surface area is 50.7 Å². The van der Waals surface area contributed by atoms with Crippen LogP contribution in [0.25, 0.3) is 0 Å². The topological polar surface area (TPSA) is 9.23 Å². The molecule has 8 heavy (non-hydrogen) atoms. The summed E-state index contributed by atoms with van der Waals surface area (Å²) in [6.45, 7) is 9.23. The van der Waals surface area contributed by atoms with Gasteiger partial charge < -0.3 is 4.74 Å². The Morgan fingerprint density at radius 3 is 2.12 bits per heavy atom. The summed E-state index contributed by atoms with van der Waals surface area (Å²) >= 11 is 0. The van der Waals surface area contributed by atoms with E-state index >= 15 is 0 Å². The van der Waals surface area contributed by atoms with Crippen LogP contribution in [0.15, 0.2) is 24.2 Å². The number of hydrogen-bond acceptors (Lipinski definition) is 1. The van der Waals surface area contributed by atoms with Crippen LogP contribution >= 0.6 is 0 Å². The molecule has 0 fully saturated rings. The summed E-state index contributed by atoms with van der Waals surface area (Å²) in [6.07, 6.45) is 1.90. The van der Waals surface area contributed by atoms with E-state index in [-0.39, 0.29) is 0 Å². The molecule has 0 aromatic carbocycles. The summed E-state index contributed by atoms with van der Waals surface area (Å²) < 4.78 is 5.07. The smallest absolute Gasteiger partial charge is 0.0962 e. The molecule has 1 heteroatoms. The standard InChI is InChI=1S/C7H12O/c1-5-7(4)8-6(2)3/h5H,2H2,1,3-4H3/b7-5-. The largest absolute Gasteiger partial charge is 0.468 e. The van der Waals surface area contributed by atoms with Crippen LogP contribution in [0.2, 0.25) is 0 Å². The maximum Gasteiger partial charge on any atom is 0.0962 e. The third kappa shape index (κ3) is 3.47. The van der Waals surface area contributed by atoms with Crippen molar-refractivity contribution in [1.82, 2.24) is 0 Å². The molecule has 0 aliphatic carbocycles. The molecule has 0 aromatic heterocycles. The van der Waals surface area contributed by atoms with E-state index in [1.807, 2.05) is 26.8 Å². The molecule has 0 saturated heterocycles. The third-order valence-corrected chi connectivity index (χ3v) is 0.742. The van der Waals surface area contributed by atoms with Gasteiger partial charge in [-0.25, -0.2) is 0 Å². The third-order valence-electron chi connectivity index (χ3n) is 0.742. The lowest BCUT2D eigenvalue weighted by Crippen LogP contribution is -1.81. The molecule has 0 bridgehead atoms. The van der Waals surface area contributed by atoms with E-state index in [1.54, 1.807) is 0 Å². The van der Waals surface area contributed by atoms with Gasteiger partial charge in [-0.15, -0.1) is 0 Å². The highest BCUT2D eigenvalue weighted by Crippen LogP contribution is 2.00. The van der Waals surface area contributed by atoms with Gasteiger partial charge in [-0.3, -0.25) is 0 Å². The average molecular weight is 112 g/mol. The van der Waals surface area contributed by atoms with Crippen molar-refractivity contribution in [3.05, 3.63) is 24.2 Å². The molecule has 0 aliphatic rings. The van der Waals surface area contributed by atoms with Crippen LogP contribution in [-0.2, 0) is 4.74 Å². The number of allylic oxidation sites excluding steroid dienone is 3. The minimum absolute atomic E-state index is 0.737. The predicted molar refractivity (Wildman–Crippen MR) is 35.3 cm³/mol. The van der Waals surface area contributed by atoms with Crippen molar-refractivity contribution < 1.29 is 4.74 Å². The molecular formula is C7H12O. The van der Waals surface area contributed by atoms with Crippen molar-refractivity contribution in [2.75, 3.05) is 0 Å². The lowest BCUT2D eigenvalue weighted by atomic mass is 10.5. The summed E-state index contributed by atoms with van der Waals surface area (Å²) in [6, 6.07) is 0. The van der Waals surface area contributed by atoms with Gasteiger partial charge in [-0.1, -0.05) is 6.58 Å². The maximum atomic E-state index is 5.07. The number of hydrogen-bond donors (Lipinski definition) is 0. The highest BCUT2D eigenvalue weighted by atomic mass is 16.5. The van der Waals surface area contributed by atoms with Gasteiger partial charge in [-0.2, -0.15) is 0 Å². The van der Waals surface area contributed by atoms with E-state index in [1.165, 1.54) is 0 Å². The van der Waals surface area contributed by atoms with Crippen molar-refractivity contribution in [2.45, 2.75) is 20.8 Å². The van der Waals surface area contributed by atoms with Gasteiger partial charge in [0, 0.05) is 0 Å². The quantitative estimate of drug-likeness (QED) is 0.498. The van der Waals surface area contributed by atoms with E-state index in [2.05, 4.69) is 6.58 Å². The molecule has 0 N–H and O–H groups in total. The highest BCUT2D eigenvalue weighted by Gasteiger charge is 1.83. The maximum absolute atomic E-state index is 5.07. The van der Waals surface area contributed by atoms with Crippen molar-refractivity contribution >= 4 is 0 Å². The van der Waals surface area contributed by atoms with E-state index < -0.39 is 0 Å².